The van der Waals surface area contributed by atoms with Crippen LogP contribution in [0.3, 0.4) is 0 Å². The SMILES string of the molecule is CCNC(CC)c1cccc(S(=O)(=O)N(C)CCSC)c1. The van der Waals surface area contributed by atoms with E-state index in [1.807, 2.05) is 18.4 Å². The minimum absolute atomic E-state index is 0.196. The summed E-state index contributed by atoms with van der Waals surface area (Å²) in [6.45, 7) is 5.54. The average molecular weight is 331 g/mol. The number of nitrogens with one attached hydrogen (secondary N) is 1. The molecule has 0 heterocycles. The Labute approximate surface area is 133 Å². The van der Waals surface area contributed by atoms with Crippen LogP contribution in [0, 0.1) is 0 Å². The molecule has 4 nitrogen and oxygen atoms in total. The largest absolute Gasteiger partial charge is 0.310 e. The smallest absolute Gasteiger partial charge is 0.242 e. The first-order chi connectivity index (χ1) is 9.97. The zero-order valence-electron chi connectivity index (χ0n) is 13.3. The van der Waals surface area contributed by atoms with Crippen LogP contribution in [0.4, 0.5) is 0 Å². The van der Waals surface area contributed by atoms with E-state index in [9.17, 15) is 8.42 Å². The van der Waals surface area contributed by atoms with Crippen LogP contribution in [-0.4, -0.2) is 44.9 Å². The molecule has 1 atom stereocenters. The molecule has 0 amide bonds. The van der Waals surface area contributed by atoms with Crippen molar-refractivity contribution in [3.8, 4) is 0 Å². The van der Waals surface area contributed by atoms with Gasteiger partial charge in [0.05, 0.1) is 4.90 Å². The average Bonchev–Trinajstić information content (AvgIpc) is 2.50. The van der Waals surface area contributed by atoms with E-state index in [2.05, 4.69) is 19.2 Å². The van der Waals surface area contributed by atoms with Crippen molar-refractivity contribution in [3.05, 3.63) is 29.8 Å². The van der Waals surface area contributed by atoms with Crippen molar-refractivity contribution < 1.29 is 8.42 Å². The fourth-order valence-corrected chi connectivity index (χ4v) is 3.96. The summed E-state index contributed by atoms with van der Waals surface area (Å²) in [6.07, 6.45) is 2.91. The fourth-order valence-electron chi connectivity index (χ4n) is 2.16. The Hall–Kier alpha value is -0.560. The number of rotatable bonds is 9. The zero-order chi connectivity index (χ0) is 15.9. The zero-order valence-corrected chi connectivity index (χ0v) is 14.9. The molecule has 0 saturated heterocycles. The number of hydrogen-bond donors (Lipinski definition) is 1. The van der Waals surface area contributed by atoms with Gasteiger partial charge in [-0.3, -0.25) is 0 Å². The second-order valence-electron chi connectivity index (χ2n) is 4.91. The number of sulfonamides is 1. The van der Waals surface area contributed by atoms with Gasteiger partial charge in [-0.15, -0.1) is 0 Å². The minimum Gasteiger partial charge on any atom is -0.310 e. The van der Waals surface area contributed by atoms with E-state index >= 15 is 0 Å². The summed E-state index contributed by atoms with van der Waals surface area (Å²) in [4.78, 5) is 0.375. The first-order valence-corrected chi connectivity index (χ1v) is 10.1. The van der Waals surface area contributed by atoms with Gasteiger partial charge in [0.2, 0.25) is 10.0 Å². The number of benzene rings is 1. The Morgan fingerprint density at radius 2 is 2.05 bits per heavy atom. The van der Waals surface area contributed by atoms with Crippen molar-refractivity contribution in [1.29, 1.82) is 0 Å². The Morgan fingerprint density at radius 3 is 2.62 bits per heavy atom. The van der Waals surface area contributed by atoms with E-state index in [-0.39, 0.29) is 6.04 Å². The molecule has 0 fully saturated rings. The molecule has 1 aromatic rings. The number of nitrogens with zero attached hydrogens (tertiary/aromatic N) is 1. The molecule has 0 spiro atoms. The molecule has 120 valence electrons. The van der Waals surface area contributed by atoms with Gasteiger partial charge in [-0.25, -0.2) is 12.7 Å². The highest BCUT2D eigenvalue weighted by atomic mass is 32.2. The van der Waals surface area contributed by atoms with Gasteiger partial charge >= 0.3 is 0 Å². The lowest BCUT2D eigenvalue weighted by Gasteiger charge is -2.20. The highest BCUT2D eigenvalue weighted by Crippen LogP contribution is 2.22. The van der Waals surface area contributed by atoms with Crippen LogP contribution in [0.15, 0.2) is 29.2 Å². The van der Waals surface area contributed by atoms with Gasteiger partial charge in [0.1, 0.15) is 0 Å². The highest BCUT2D eigenvalue weighted by Gasteiger charge is 2.21. The van der Waals surface area contributed by atoms with Gasteiger partial charge in [0, 0.05) is 25.4 Å². The van der Waals surface area contributed by atoms with Crippen molar-refractivity contribution >= 4 is 21.8 Å². The Bertz CT molecular complexity index is 532. The normalized spacial score (nSPS) is 13.6. The van der Waals surface area contributed by atoms with Crippen LogP contribution in [0.5, 0.6) is 0 Å². The van der Waals surface area contributed by atoms with Crippen LogP contribution in [0.1, 0.15) is 31.9 Å². The maximum Gasteiger partial charge on any atom is 0.242 e. The van der Waals surface area contributed by atoms with Crippen molar-refractivity contribution in [1.82, 2.24) is 9.62 Å². The van der Waals surface area contributed by atoms with Crippen LogP contribution in [-0.2, 0) is 10.0 Å². The molecule has 0 aliphatic heterocycles. The predicted molar refractivity (Wildman–Crippen MR) is 91.3 cm³/mol. The van der Waals surface area contributed by atoms with Crippen molar-refractivity contribution in [3.63, 3.8) is 0 Å². The van der Waals surface area contributed by atoms with Gasteiger partial charge in [0.25, 0.3) is 0 Å². The van der Waals surface area contributed by atoms with E-state index < -0.39 is 10.0 Å². The Balaban J connectivity index is 3.03. The molecule has 0 bridgehead atoms. The minimum atomic E-state index is -3.40. The second-order valence-corrected chi connectivity index (χ2v) is 7.94. The number of thioether (sulfide) groups is 1. The molecule has 21 heavy (non-hydrogen) atoms. The monoisotopic (exact) mass is 330 g/mol. The summed E-state index contributed by atoms with van der Waals surface area (Å²) in [7, 11) is -1.76. The van der Waals surface area contributed by atoms with Gasteiger partial charge in [0.15, 0.2) is 0 Å². The van der Waals surface area contributed by atoms with E-state index in [4.69, 9.17) is 0 Å². The van der Waals surface area contributed by atoms with Crippen molar-refractivity contribution in [2.24, 2.45) is 0 Å². The summed E-state index contributed by atoms with van der Waals surface area (Å²) in [5.74, 6) is 0.796. The summed E-state index contributed by atoms with van der Waals surface area (Å²) < 4.78 is 26.5. The lowest BCUT2D eigenvalue weighted by atomic mass is 10.0. The van der Waals surface area contributed by atoms with Gasteiger partial charge in [-0.2, -0.15) is 11.8 Å². The lowest BCUT2D eigenvalue weighted by Crippen LogP contribution is -2.29. The quantitative estimate of drug-likeness (QED) is 0.756. The van der Waals surface area contributed by atoms with E-state index in [0.29, 0.717) is 11.4 Å². The topological polar surface area (TPSA) is 49.4 Å². The molecular formula is C15H26N2O2S2. The maximum absolute atomic E-state index is 12.6. The fraction of sp³-hybridized carbons (Fsp3) is 0.600. The first-order valence-electron chi connectivity index (χ1n) is 7.26. The van der Waals surface area contributed by atoms with E-state index in [0.717, 1.165) is 24.3 Å². The predicted octanol–water partition coefficient (Wildman–Crippen LogP) is 2.73. The first kappa shape index (κ1) is 18.5. The molecule has 1 N–H and O–H groups in total. The molecule has 1 unspecified atom stereocenters. The summed E-state index contributed by atoms with van der Waals surface area (Å²) in [6, 6.07) is 7.47. The van der Waals surface area contributed by atoms with Gasteiger partial charge in [-0.1, -0.05) is 26.0 Å². The lowest BCUT2D eigenvalue weighted by molar-refractivity contribution is 0.488. The molecule has 0 aliphatic carbocycles. The van der Waals surface area contributed by atoms with Crippen LogP contribution >= 0.6 is 11.8 Å². The third-order valence-electron chi connectivity index (χ3n) is 3.44. The number of hydrogen-bond acceptors (Lipinski definition) is 4. The molecule has 6 heteroatoms. The van der Waals surface area contributed by atoms with Gasteiger partial charge in [-0.05, 0) is 36.9 Å². The molecule has 0 saturated carbocycles. The van der Waals surface area contributed by atoms with Crippen molar-refractivity contribution in [2.45, 2.75) is 31.2 Å². The van der Waals surface area contributed by atoms with Gasteiger partial charge < -0.3 is 5.32 Å². The molecule has 0 aromatic heterocycles. The molecular weight excluding hydrogens is 304 g/mol. The maximum atomic E-state index is 12.6. The van der Waals surface area contributed by atoms with Crippen LogP contribution < -0.4 is 5.32 Å². The summed E-state index contributed by atoms with van der Waals surface area (Å²) >= 11 is 1.64. The summed E-state index contributed by atoms with van der Waals surface area (Å²) in [5.41, 5.74) is 1.03. The van der Waals surface area contributed by atoms with E-state index in [1.165, 1.54) is 4.31 Å². The van der Waals surface area contributed by atoms with Crippen molar-refractivity contribution in [2.75, 3.05) is 32.1 Å². The van der Waals surface area contributed by atoms with Crippen LogP contribution in [0.2, 0.25) is 0 Å². The third kappa shape index (κ3) is 4.98. The third-order valence-corrected chi connectivity index (χ3v) is 5.88. The Morgan fingerprint density at radius 1 is 1.33 bits per heavy atom. The standard InChI is InChI=1S/C15H26N2O2S2/c1-5-15(16-6-2)13-8-7-9-14(12-13)21(18,19)17(3)10-11-20-4/h7-9,12,15-16H,5-6,10-11H2,1-4H3. The Kier molecular flexibility index (Phi) is 7.73. The molecule has 0 aliphatic rings. The summed E-state index contributed by atoms with van der Waals surface area (Å²) in [5, 5.41) is 3.38. The molecule has 1 rings (SSSR count). The van der Waals surface area contributed by atoms with Crippen LogP contribution in [0.25, 0.3) is 0 Å². The highest BCUT2D eigenvalue weighted by molar-refractivity contribution is 7.98. The molecule has 0 radical (unpaired) electrons. The van der Waals surface area contributed by atoms with E-state index in [1.54, 1.807) is 30.9 Å². The second kappa shape index (κ2) is 8.78. The molecule has 1 aromatic carbocycles.